The molecule has 0 aromatic heterocycles. The quantitative estimate of drug-likeness (QED) is 0.381. The van der Waals surface area contributed by atoms with Crippen molar-refractivity contribution >= 4 is 23.4 Å². The zero-order valence-electron chi connectivity index (χ0n) is 25.1. The van der Waals surface area contributed by atoms with Crippen molar-refractivity contribution in [3.63, 3.8) is 0 Å². The molecule has 0 aliphatic carbocycles. The number of aliphatic imine (C=N–C) groups is 1. The number of ether oxygens (including phenoxy) is 2. The van der Waals surface area contributed by atoms with E-state index in [4.69, 9.17) is 9.47 Å². The third-order valence-electron chi connectivity index (χ3n) is 8.21. The number of hydrogen-bond acceptors (Lipinski definition) is 7. The summed E-state index contributed by atoms with van der Waals surface area (Å²) < 4.78 is 53.8. The lowest BCUT2D eigenvalue weighted by Gasteiger charge is -2.44. The van der Waals surface area contributed by atoms with Crippen molar-refractivity contribution in [1.82, 2.24) is 9.80 Å². The number of allylic oxidation sites excluding steroid dienone is 3. The molecule has 2 atom stereocenters. The Kier molecular flexibility index (Phi) is 11.5. The van der Waals surface area contributed by atoms with E-state index in [1.54, 1.807) is 4.90 Å². The third-order valence-corrected chi connectivity index (χ3v) is 8.21. The molecule has 1 N–H and O–H groups in total. The average molecular weight is 619 g/mol. The van der Waals surface area contributed by atoms with E-state index in [2.05, 4.69) is 16.5 Å². The van der Waals surface area contributed by atoms with E-state index in [0.717, 1.165) is 5.69 Å². The Balaban J connectivity index is 1.59. The molecule has 12 heteroatoms. The minimum atomic E-state index is -4.86. The molecule has 3 aliphatic heterocycles. The van der Waals surface area contributed by atoms with Crippen LogP contribution in [0.5, 0.6) is 5.75 Å². The van der Waals surface area contributed by atoms with E-state index in [-0.39, 0.29) is 38.2 Å². The van der Waals surface area contributed by atoms with Crippen LogP contribution in [0, 0.1) is 5.92 Å². The molecule has 44 heavy (non-hydrogen) atoms. The highest BCUT2D eigenvalue weighted by Crippen LogP contribution is 2.35. The Labute approximate surface area is 256 Å². The SMILES string of the molecule is C=C/C(=C1/C(=O)N2CCCC(C(=O)N3CCN(c4ccccc4OCCO)CC3)C2C/C=C\CCCOC1=NC)C(F)(F)F. The second-order valence-electron chi connectivity index (χ2n) is 10.9. The monoisotopic (exact) mass is 618 g/mol. The molecule has 240 valence electrons. The maximum absolute atomic E-state index is 14.2. The molecule has 0 spiro atoms. The van der Waals surface area contributed by atoms with Crippen LogP contribution in [0.25, 0.3) is 0 Å². The van der Waals surface area contributed by atoms with Gasteiger partial charge in [-0.15, -0.1) is 0 Å². The van der Waals surface area contributed by atoms with Crippen molar-refractivity contribution in [3.05, 3.63) is 60.2 Å². The van der Waals surface area contributed by atoms with Gasteiger partial charge < -0.3 is 29.3 Å². The summed E-state index contributed by atoms with van der Waals surface area (Å²) in [6.07, 6.45) is 2.15. The number of benzene rings is 1. The summed E-state index contributed by atoms with van der Waals surface area (Å²) in [6, 6.07) is 6.91. The number of aliphatic hydroxyl groups excluding tert-OH is 1. The normalized spacial score (nSPS) is 24.9. The van der Waals surface area contributed by atoms with Gasteiger partial charge in [-0.1, -0.05) is 36.9 Å². The smallest absolute Gasteiger partial charge is 0.417 e. The molecule has 0 bridgehead atoms. The minimum Gasteiger partial charge on any atom is -0.489 e. The van der Waals surface area contributed by atoms with E-state index in [0.29, 0.717) is 70.1 Å². The number of para-hydroxylation sites is 2. The highest BCUT2D eigenvalue weighted by Gasteiger charge is 2.45. The average Bonchev–Trinajstić information content (AvgIpc) is 3.02. The van der Waals surface area contributed by atoms with Crippen LogP contribution < -0.4 is 9.64 Å². The summed E-state index contributed by atoms with van der Waals surface area (Å²) in [5.41, 5.74) is -1.000. The molecule has 2 fully saturated rings. The van der Waals surface area contributed by atoms with Gasteiger partial charge in [0.15, 0.2) is 0 Å². The maximum Gasteiger partial charge on any atom is 0.417 e. The number of piperidine rings is 1. The van der Waals surface area contributed by atoms with E-state index in [9.17, 15) is 27.9 Å². The summed E-state index contributed by atoms with van der Waals surface area (Å²) in [4.78, 5) is 37.3. The number of carbonyl (C=O) groups is 2. The van der Waals surface area contributed by atoms with Crippen LogP contribution in [-0.4, -0.2) is 104 Å². The topological polar surface area (TPSA) is 94.9 Å². The predicted molar refractivity (Wildman–Crippen MR) is 162 cm³/mol. The Morgan fingerprint density at radius 2 is 1.91 bits per heavy atom. The lowest BCUT2D eigenvalue weighted by Crippen LogP contribution is -2.57. The van der Waals surface area contributed by atoms with Gasteiger partial charge in [0, 0.05) is 45.8 Å². The van der Waals surface area contributed by atoms with Gasteiger partial charge in [-0.3, -0.25) is 14.6 Å². The van der Waals surface area contributed by atoms with Gasteiger partial charge in [0.25, 0.3) is 5.91 Å². The first-order valence-electron chi connectivity index (χ1n) is 15.1. The van der Waals surface area contributed by atoms with Crippen molar-refractivity contribution in [3.8, 4) is 5.75 Å². The van der Waals surface area contributed by atoms with Gasteiger partial charge in [-0.25, -0.2) is 0 Å². The molecule has 0 saturated carbocycles. The Bertz CT molecular complexity index is 1270. The Morgan fingerprint density at radius 3 is 2.59 bits per heavy atom. The van der Waals surface area contributed by atoms with E-state index in [1.807, 2.05) is 36.4 Å². The summed E-state index contributed by atoms with van der Waals surface area (Å²) in [5, 5.41) is 9.17. The van der Waals surface area contributed by atoms with Gasteiger partial charge in [-0.2, -0.15) is 13.2 Å². The fourth-order valence-corrected chi connectivity index (χ4v) is 6.08. The van der Waals surface area contributed by atoms with Gasteiger partial charge in [-0.05, 0) is 44.2 Å². The first kappa shape index (κ1) is 33.1. The standard InChI is InChI=1S/C32H41F3N4O5/c1-3-24(32(33,34)35)28-29(36-2)44-21-9-5-4-6-12-25-23(11-10-15-39(25)31(28)42)30(41)38-18-16-37(17-19-38)26-13-7-8-14-27(26)43-22-20-40/h3-4,6-8,13-14,23,25,40H,1,5,9-12,15-22H2,2H3/b6-4-,28-24-,36-29?. The summed E-state index contributed by atoms with van der Waals surface area (Å²) in [5.74, 6) is -1.27. The van der Waals surface area contributed by atoms with Gasteiger partial charge in [0.1, 0.15) is 17.9 Å². The third kappa shape index (κ3) is 7.64. The van der Waals surface area contributed by atoms with Crippen molar-refractivity contribution in [2.24, 2.45) is 10.9 Å². The Morgan fingerprint density at radius 1 is 1.16 bits per heavy atom. The van der Waals surface area contributed by atoms with Gasteiger partial charge in [0.05, 0.1) is 30.4 Å². The number of nitrogens with zero attached hydrogens (tertiary/aromatic N) is 4. The van der Waals surface area contributed by atoms with Crippen molar-refractivity contribution in [1.29, 1.82) is 0 Å². The second kappa shape index (κ2) is 15.3. The molecule has 1 aromatic rings. The molecular formula is C32H41F3N4O5. The van der Waals surface area contributed by atoms with Crippen LogP contribution in [0.4, 0.5) is 18.9 Å². The zero-order chi connectivity index (χ0) is 31.7. The number of hydrogen-bond donors (Lipinski definition) is 1. The Hall–Kier alpha value is -3.80. The zero-order valence-corrected chi connectivity index (χ0v) is 25.1. The fraction of sp³-hybridized carbons (Fsp3) is 0.531. The van der Waals surface area contributed by atoms with Crippen molar-refractivity contribution in [2.45, 2.75) is 44.3 Å². The molecule has 1 aromatic carbocycles. The first-order chi connectivity index (χ1) is 21.2. The number of halogens is 3. The number of piperazine rings is 1. The molecular weight excluding hydrogens is 577 g/mol. The molecule has 2 saturated heterocycles. The molecule has 4 rings (SSSR count). The minimum absolute atomic E-state index is 0.101. The fourth-order valence-electron chi connectivity index (χ4n) is 6.08. The van der Waals surface area contributed by atoms with Crippen molar-refractivity contribution < 1.29 is 37.3 Å². The number of carbonyl (C=O) groups excluding carboxylic acids is 2. The molecule has 0 radical (unpaired) electrons. The molecule has 9 nitrogen and oxygen atoms in total. The number of amides is 2. The van der Waals surface area contributed by atoms with Crippen LogP contribution in [-0.2, 0) is 14.3 Å². The molecule has 2 amide bonds. The number of fused-ring (bicyclic) bond motifs is 1. The predicted octanol–water partition coefficient (Wildman–Crippen LogP) is 4.14. The largest absolute Gasteiger partial charge is 0.489 e. The molecule has 3 heterocycles. The lowest BCUT2D eigenvalue weighted by atomic mass is 9.84. The van der Waals surface area contributed by atoms with Crippen LogP contribution in [0.3, 0.4) is 0 Å². The highest BCUT2D eigenvalue weighted by atomic mass is 19.4. The van der Waals surface area contributed by atoms with Crippen LogP contribution in [0.1, 0.15) is 32.1 Å². The van der Waals surface area contributed by atoms with E-state index < -0.39 is 35.2 Å². The summed E-state index contributed by atoms with van der Waals surface area (Å²) in [6.45, 7) is 5.72. The first-order valence-corrected chi connectivity index (χ1v) is 15.1. The summed E-state index contributed by atoms with van der Waals surface area (Å²) >= 11 is 0. The number of rotatable bonds is 6. The number of aliphatic hydroxyl groups is 1. The van der Waals surface area contributed by atoms with Crippen LogP contribution >= 0.6 is 0 Å². The van der Waals surface area contributed by atoms with Gasteiger partial charge in [0.2, 0.25) is 11.8 Å². The van der Waals surface area contributed by atoms with Crippen LogP contribution in [0.15, 0.2) is 65.2 Å². The highest BCUT2D eigenvalue weighted by molar-refractivity contribution is 6.19. The van der Waals surface area contributed by atoms with Crippen molar-refractivity contribution in [2.75, 3.05) is 64.5 Å². The van der Waals surface area contributed by atoms with Crippen LogP contribution in [0.2, 0.25) is 0 Å². The maximum atomic E-state index is 14.2. The van der Waals surface area contributed by atoms with E-state index in [1.165, 1.54) is 11.9 Å². The van der Waals surface area contributed by atoms with Gasteiger partial charge >= 0.3 is 6.18 Å². The lowest BCUT2D eigenvalue weighted by molar-refractivity contribution is -0.144. The number of anilines is 1. The summed E-state index contributed by atoms with van der Waals surface area (Å²) in [7, 11) is 1.29. The number of alkyl halides is 3. The van der Waals surface area contributed by atoms with E-state index >= 15 is 0 Å². The molecule has 2 unspecified atom stereocenters. The second-order valence-corrected chi connectivity index (χ2v) is 10.9. The molecule has 3 aliphatic rings.